The van der Waals surface area contributed by atoms with E-state index in [2.05, 4.69) is 24.0 Å². The summed E-state index contributed by atoms with van der Waals surface area (Å²) in [5.74, 6) is 2.55. The van der Waals surface area contributed by atoms with Crippen LogP contribution in [0.25, 0.3) is 6.08 Å². The number of methoxy groups -OCH3 is 1. The Morgan fingerprint density at radius 2 is 1.90 bits per heavy atom. The average molecular weight is 423 g/mol. The largest absolute Gasteiger partial charge is 0.497 e. The Morgan fingerprint density at radius 1 is 1.16 bits per heavy atom. The Hall–Kier alpha value is -3.15. The van der Waals surface area contributed by atoms with Crippen LogP contribution in [0.5, 0.6) is 17.2 Å². The number of rotatable bonds is 6. The van der Waals surface area contributed by atoms with Gasteiger partial charge in [0.2, 0.25) is 5.91 Å². The summed E-state index contributed by atoms with van der Waals surface area (Å²) >= 11 is 0. The second kappa shape index (κ2) is 9.33. The number of ether oxygens (including phenoxy) is 3. The van der Waals surface area contributed by atoms with E-state index in [-0.39, 0.29) is 12.0 Å². The van der Waals surface area contributed by atoms with Crippen molar-refractivity contribution in [3.63, 3.8) is 0 Å². The van der Waals surface area contributed by atoms with Crippen molar-refractivity contribution in [3.8, 4) is 17.2 Å². The molecule has 0 aliphatic carbocycles. The minimum atomic E-state index is 0.0200. The van der Waals surface area contributed by atoms with Gasteiger partial charge in [0.25, 0.3) is 0 Å². The third kappa shape index (κ3) is 4.79. The van der Waals surface area contributed by atoms with Gasteiger partial charge in [-0.1, -0.05) is 0 Å². The van der Waals surface area contributed by atoms with Gasteiger partial charge in [-0.2, -0.15) is 0 Å². The number of benzene rings is 2. The molecular weight excluding hydrogens is 392 g/mol. The monoisotopic (exact) mass is 422 g/mol. The number of amides is 1. The van der Waals surface area contributed by atoms with Crippen LogP contribution in [-0.4, -0.2) is 56.8 Å². The van der Waals surface area contributed by atoms with E-state index in [4.69, 9.17) is 14.2 Å². The SMILES string of the molecule is CCOc1cc2c(cc1/C=C/C(=O)N1CCN(c3ccc(OC)cc3)CC1)O[C@@H](C)C2. The van der Waals surface area contributed by atoms with Gasteiger partial charge in [-0.05, 0) is 56.3 Å². The minimum Gasteiger partial charge on any atom is -0.497 e. The molecule has 0 saturated carbocycles. The third-order valence-electron chi connectivity index (χ3n) is 5.76. The normalized spacial score (nSPS) is 18.1. The van der Waals surface area contributed by atoms with Crippen LogP contribution in [0.1, 0.15) is 25.0 Å². The number of anilines is 1. The number of nitrogens with zero attached hydrogens (tertiary/aromatic N) is 2. The summed E-state index contributed by atoms with van der Waals surface area (Å²) in [6.45, 7) is 7.60. The number of carbonyl (C=O) groups is 1. The molecule has 164 valence electrons. The number of carbonyl (C=O) groups excluding carboxylic acids is 1. The van der Waals surface area contributed by atoms with Gasteiger partial charge in [0.15, 0.2) is 0 Å². The first-order valence-corrected chi connectivity index (χ1v) is 10.9. The molecule has 2 aliphatic heterocycles. The maximum atomic E-state index is 12.8. The lowest BCUT2D eigenvalue weighted by Gasteiger charge is -2.35. The second-order valence-corrected chi connectivity index (χ2v) is 7.91. The summed E-state index contributed by atoms with van der Waals surface area (Å²) < 4.78 is 16.9. The fourth-order valence-corrected chi connectivity index (χ4v) is 4.11. The highest BCUT2D eigenvalue weighted by atomic mass is 16.5. The van der Waals surface area contributed by atoms with Crippen LogP contribution in [0.15, 0.2) is 42.5 Å². The average Bonchev–Trinajstić information content (AvgIpc) is 3.16. The van der Waals surface area contributed by atoms with Crippen LogP contribution in [-0.2, 0) is 11.2 Å². The maximum absolute atomic E-state index is 12.8. The standard InChI is InChI=1S/C25H30N2O4/c1-4-30-23-17-20-15-18(2)31-24(20)16-19(23)5-10-25(28)27-13-11-26(12-14-27)21-6-8-22(29-3)9-7-21/h5-10,16-18H,4,11-15H2,1-3H3/b10-5+/t18-/m0/s1. The van der Waals surface area contributed by atoms with Crippen molar-refractivity contribution in [2.24, 2.45) is 0 Å². The van der Waals surface area contributed by atoms with E-state index < -0.39 is 0 Å². The quantitative estimate of drug-likeness (QED) is 0.663. The zero-order valence-electron chi connectivity index (χ0n) is 18.5. The highest BCUT2D eigenvalue weighted by molar-refractivity contribution is 5.92. The van der Waals surface area contributed by atoms with Gasteiger partial charge >= 0.3 is 0 Å². The summed E-state index contributed by atoms with van der Waals surface area (Å²) in [5.41, 5.74) is 3.19. The molecule has 0 N–H and O–H groups in total. The van der Waals surface area contributed by atoms with Gasteiger partial charge in [0.1, 0.15) is 23.4 Å². The van der Waals surface area contributed by atoms with Crippen molar-refractivity contribution < 1.29 is 19.0 Å². The predicted octanol–water partition coefficient (Wildman–Crippen LogP) is 3.78. The van der Waals surface area contributed by atoms with E-state index in [9.17, 15) is 4.79 Å². The number of hydrogen-bond donors (Lipinski definition) is 0. The van der Waals surface area contributed by atoms with Crippen molar-refractivity contribution >= 4 is 17.7 Å². The van der Waals surface area contributed by atoms with E-state index in [1.54, 1.807) is 13.2 Å². The molecule has 0 aromatic heterocycles. The molecule has 1 fully saturated rings. The molecule has 0 spiro atoms. The lowest BCUT2D eigenvalue weighted by molar-refractivity contribution is -0.126. The first-order valence-electron chi connectivity index (χ1n) is 10.9. The van der Waals surface area contributed by atoms with Crippen molar-refractivity contribution in [2.75, 3.05) is 44.8 Å². The number of fused-ring (bicyclic) bond motifs is 1. The molecule has 2 aromatic carbocycles. The molecule has 6 nitrogen and oxygen atoms in total. The third-order valence-corrected chi connectivity index (χ3v) is 5.76. The Labute approximate surface area is 184 Å². The molecule has 0 unspecified atom stereocenters. The van der Waals surface area contributed by atoms with Gasteiger partial charge in [0, 0.05) is 55.5 Å². The zero-order valence-corrected chi connectivity index (χ0v) is 18.5. The molecule has 1 atom stereocenters. The summed E-state index contributed by atoms with van der Waals surface area (Å²) in [5, 5.41) is 0. The zero-order chi connectivity index (χ0) is 21.8. The van der Waals surface area contributed by atoms with Gasteiger partial charge in [0.05, 0.1) is 13.7 Å². The Balaban J connectivity index is 1.39. The van der Waals surface area contributed by atoms with Crippen LogP contribution in [0.2, 0.25) is 0 Å². The van der Waals surface area contributed by atoms with Crippen molar-refractivity contribution in [1.82, 2.24) is 4.90 Å². The topological polar surface area (TPSA) is 51.2 Å². The van der Waals surface area contributed by atoms with Gasteiger partial charge < -0.3 is 24.0 Å². The second-order valence-electron chi connectivity index (χ2n) is 7.91. The highest BCUT2D eigenvalue weighted by Gasteiger charge is 2.22. The van der Waals surface area contributed by atoms with Crippen LogP contribution in [0.4, 0.5) is 5.69 Å². The molecule has 0 bridgehead atoms. The molecule has 2 aromatic rings. The summed E-state index contributed by atoms with van der Waals surface area (Å²) in [6, 6.07) is 12.1. The molecule has 1 saturated heterocycles. The predicted molar refractivity (Wildman–Crippen MR) is 122 cm³/mol. The summed E-state index contributed by atoms with van der Waals surface area (Å²) in [4.78, 5) is 17.0. The highest BCUT2D eigenvalue weighted by Crippen LogP contribution is 2.35. The smallest absolute Gasteiger partial charge is 0.246 e. The lowest BCUT2D eigenvalue weighted by Crippen LogP contribution is -2.48. The molecule has 0 radical (unpaired) electrons. The molecule has 6 heteroatoms. The number of piperazine rings is 1. The van der Waals surface area contributed by atoms with E-state index in [1.807, 2.05) is 42.2 Å². The Bertz CT molecular complexity index is 947. The molecular formula is C25H30N2O4. The van der Waals surface area contributed by atoms with E-state index in [1.165, 1.54) is 0 Å². The van der Waals surface area contributed by atoms with E-state index in [0.29, 0.717) is 19.7 Å². The van der Waals surface area contributed by atoms with Crippen molar-refractivity contribution in [1.29, 1.82) is 0 Å². The van der Waals surface area contributed by atoms with E-state index >= 15 is 0 Å². The molecule has 31 heavy (non-hydrogen) atoms. The molecule has 4 rings (SSSR count). The first kappa shape index (κ1) is 21.1. The van der Waals surface area contributed by atoms with E-state index in [0.717, 1.165) is 53.6 Å². The van der Waals surface area contributed by atoms with Gasteiger partial charge in [-0.3, -0.25) is 4.79 Å². The maximum Gasteiger partial charge on any atom is 0.246 e. The van der Waals surface area contributed by atoms with Crippen LogP contribution in [0, 0.1) is 0 Å². The fourth-order valence-electron chi connectivity index (χ4n) is 4.11. The summed E-state index contributed by atoms with van der Waals surface area (Å²) in [7, 11) is 1.67. The van der Waals surface area contributed by atoms with Crippen LogP contribution in [0.3, 0.4) is 0 Å². The van der Waals surface area contributed by atoms with Gasteiger partial charge in [-0.15, -0.1) is 0 Å². The van der Waals surface area contributed by atoms with Gasteiger partial charge in [-0.25, -0.2) is 0 Å². The minimum absolute atomic E-state index is 0.0200. The number of hydrogen-bond acceptors (Lipinski definition) is 5. The Morgan fingerprint density at radius 3 is 2.58 bits per heavy atom. The fraction of sp³-hybridized carbons (Fsp3) is 0.400. The molecule has 2 heterocycles. The lowest BCUT2D eigenvalue weighted by atomic mass is 10.1. The first-order chi connectivity index (χ1) is 15.1. The molecule has 2 aliphatic rings. The Kier molecular flexibility index (Phi) is 6.35. The van der Waals surface area contributed by atoms with Crippen molar-refractivity contribution in [3.05, 3.63) is 53.6 Å². The van der Waals surface area contributed by atoms with Crippen LogP contribution < -0.4 is 19.1 Å². The van der Waals surface area contributed by atoms with Crippen molar-refractivity contribution in [2.45, 2.75) is 26.4 Å². The summed E-state index contributed by atoms with van der Waals surface area (Å²) in [6.07, 6.45) is 4.55. The van der Waals surface area contributed by atoms with Crippen LogP contribution >= 0.6 is 0 Å². The molecule has 1 amide bonds.